The predicted octanol–water partition coefficient (Wildman–Crippen LogP) is 3.01. The first kappa shape index (κ1) is 18.4. The first-order chi connectivity index (χ1) is 9.38. The zero-order chi connectivity index (χ0) is 13.1. The minimum absolute atomic E-state index is 0. The normalized spacial score (nSPS) is 18.5. The third kappa shape index (κ3) is 4.16. The number of nitrogens with zero attached hydrogens (tertiary/aromatic N) is 1. The van der Waals surface area contributed by atoms with Crippen LogP contribution in [0.3, 0.4) is 0 Å². The van der Waals surface area contributed by atoms with Gasteiger partial charge in [-0.2, -0.15) is 0 Å². The molecule has 1 N–H and O–H groups in total. The van der Waals surface area contributed by atoms with E-state index < -0.39 is 0 Å². The monoisotopic (exact) mass is 334 g/mol. The average Bonchev–Trinajstić information content (AvgIpc) is 2.93. The van der Waals surface area contributed by atoms with Crippen molar-refractivity contribution in [3.8, 4) is 11.5 Å². The number of fused-ring (bicyclic) bond motifs is 1. The van der Waals surface area contributed by atoms with E-state index >= 15 is 0 Å². The molecule has 1 fully saturated rings. The summed E-state index contributed by atoms with van der Waals surface area (Å²) in [4.78, 5) is 2.58. The summed E-state index contributed by atoms with van der Waals surface area (Å²) in [5.41, 5.74) is 1.35. The summed E-state index contributed by atoms with van der Waals surface area (Å²) in [5.74, 6) is 1.77. The van der Waals surface area contributed by atoms with Gasteiger partial charge < -0.3 is 14.8 Å². The quantitative estimate of drug-likeness (QED) is 0.917. The van der Waals surface area contributed by atoms with Crippen LogP contribution in [0.25, 0.3) is 0 Å². The molecule has 2 aliphatic rings. The van der Waals surface area contributed by atoms with Crippen LogP contribution in [0.2, 0.25) is 0 Å². The molecule has 4 nitrogen and oxygen atoms in total. The number of piperazine rings is 1. The molecule has 120 valence electrons. The van der Waals surface area contributed by atoms with Gasteiger partial charge in [0.15, 0.2) is 11.5 Å². The molecule has 21 heavy (non-hydrogen) atoms. The van der Waals surface area contributed by atoms with E-state index in [-0.39, 0.29) is 24.8 Å². The Bertz CT molecular complexity index is 440. The fraction of sp³-hybridized carbons (Fsp3) is 0.600. The van der Waals surface area contributed by atoms with Crippen LogP contribution in [-0.2, 0) is 0 Å². The van der Waals surface area contributed by atoms with Crippen molar-refractivity contribution in [2.24, 2.45) is 0 Å². The number of halogens is 2. The summed E-state index contributed by atoms with van der Waals surface area (Å²) in [5, 5.41) is 3.42. The van der Waals surface area contributed by atoms with Gasteiger partial charge in [-0.1, -0.05) is 19.4 Å². The Labute approximate surface area is 139 Å². The van der Waals surface area contributed by atoms with Crippen LogP contribution >= 0.6 is 24.8 Å². The predicted molar refractivity (Wildman–Crippen MR) is 89.2 cm³/mol. The Morgan fingerprint density at radius 3 is 2.57 bits per heavy atom. The lowest BCUT2D eigenvalue weighted by atomic mass is 9.99. The lowest BCUT2D eigenvalue weighted by Crippen LogP contribution is -2.45. The average molecular weight is 335 g/mol. The van der Waals surface area contributed by atoms with Crippen LogP contribution in [0.15, 0.2) is 18.2 Å². The van der Waals surface area contributed by atoms with E-state index in [9.17, 15) is 0 Å². The Kier molecular flexibility index (Phi) is 7.60. The van der Waals surface area contributed by atoms with E-state index in [0.29, 0.717) is 12.8 Å². The highest BCUT2D eigenvalue weighted by Gasteiger charge is 2.23. The maximum Gasteiger partial charge on any atom is 0.231 e. The van der Waals surface area contributed by atoms with E-state index in [1.807, 2.05) is 6.07 Å². The molecular weight excluding hydrogens is 311 g/mol. The summed E-state index contributed by atoms with van der Waals surface area (Å²) in [6, 6.07) is 6.89. The van der Waals surface area contributed by atoms with Crippen molar-refractivity contribution < 1.29 is 9.47 Å². The summed E-state index contributed by atoms with van der Waals surface area (Å²) in [6.07, 6.45) is 2.39. The molecule has 0 unspecified atom stereocenters. The molecule has 1 aromatic carbocycles. The van der Waals surface area contributed by atoms with Crippen LogP contribution < -0.4 is 14.8 Å². The van der Waals surface area contributed by atoms with Crippen LogP contribution in [0, 0.1) is 0 Å². The molecule has 2 aliphatic heterocycles. The molecule has 1 saturated heterocycles. The maximum atomic E-state index is 5.50. The van der Waals surface area contributed by atoms with Crippen LogP contribution in [0.4, 0.5) is 0 Å². The first-order valence-corrected chi connectivity index (χ1v) is 7.23. The highest BCUT2D eigenvalue weighted by molar-refractivity contribution is 5.85. The van der Waals surface area contributed by atoms with Gasteiger partial charge in [-0.15, -0.1) is 24.8 Å². The molecule has 3 rings (SSSR count). The minimum Gasteiger partial charge on any atom is -0.454 e. The topological polar surface area (TPSA) is 33.7 Å². The maximum absolute atomic E-state index is 5.50. The molecule has 1 atom stereocenters. The fourth-order valence-corrected chi connectivity index (χ4v) is 2.95. The fourth-order valence-electron chi connectivity index (χ4n) is 2.95. The molecule has 0 saturated carbocycles. The zero-order valence-electron chi connectivity index (χ0n) is 12.3. The van der Waals surface area contributed by atoms with Gasteiger partial charge in [0.1, 0.15) is 0 Å². The van der Waals surface area contributed by atoms with Crippen LogP contribution in [0.5, 0.6) is 11.5 Å². The standard InChI is InChI=1S/C15H22N2O2.2ClH/c1-2-3-13(17-8-6-16-7-9-17)12-4-5-14-15(10-12)19-11-18-14;;/h4-5,10,13,16H,2-3,6-9,11H2,1H3;2*1H/t13-;;/m1../s1. The number of nitrogens with one attached hydrogen (secondary N) is 1. The van der Waals surface area contributed by atoms with Crippen molar-refractivity contribution in [3.63, 3.8) is 0 Å². The highest BCUT2D eigenvalue weighted by atomic mass is 35.5. The number of ether oxygens (including phenoxy) is 2. The van der Waals surface area contributed by atoms with Gasteiger partial charge in [-0.25, -0.2) is 0 Å². The second kappa shape index (κ2) is 8.69. The third-order valence-electron chi connectivity index (χ3n) is 3.94. The Morgan fingerprint density at radius 1 is 1.14 bits per heavy atom. The molecule has 0 radical (unpaired) electrons. The summed E-state index contributed by atoms with van der Waals surface area (Å²) >= 11 is 0. The van der Waals surface area contributed by atoms with E-state index in [4.69, 9.17) is 9.47 Å². The highest BCUT2D eigenvalue weighted by Crippen LogP contribution is 2.36. The van der Waals surface area contributed by atoms with Crippen molar-refractivity contribution in [1.29, 1.82) is 0 Å². The van der Waals surface area contributed by atoms with E-state index in [1.165, 1.54) is 18.4 Å². The molecule has 2 heterocycles. The summed E-state index contributed by atoms with van der Waals surface area (Å²) < 4.78 is 10.9. The smallest absolute Gasteiger partial charge is 0.231 e. The molecule has 0 aromatic heterocycles. The lowest BCUT2D eigenvalue weighted by molar-refractivity contribution is 0.163. The number of hydrogen-bond acceptors (Lipinski definition) is 4. The van der Waals surface area contributed by atoms with Crippen molar-refractivity contribution in [3.05, 3.63) is 23.8 Å². The van der Waals surface area contributed by atoms with Crippen molar-refractivity contribution in [1.82, 2.24) is 10.2 Å². The largest absolute Gasteiger partial charge is 0.454 e. The van der Waals surface area contributed by atoms with Crippen molar-refractivity contribution in [2.75, 3.05) is 33.0 Å². The summed E-state index contributed by atoms with van der Waals surface area (Å²) in [7, 11) is 0. The Morgan fingerprint density at radius 2 is 1.86 bits per heavy atom. The molecular formula is C15H24Cl2N2O2. The van der Waals surface area contributed by atoms with Gasteiger partial charge in [0.25, 0.3) is 0 Å². The van der Waals surface area contributed by atoms with Crippen molar-refractivity contribution >= 4 is 24.8 Å². The first-order valence-electron chi connectivity index (χ1n) is 7.23. The second-order valence-corrected chi connectivity index (χ2v) is 5.20. The van der Waals surface area contributed by atoms with Gasteiger partial charge >= 0.3 is 0 Å². The van der Waals surface area contributed by atoms with Gasteiger partial charge in [0.2, 0.25) is 6.79 Å². The number of benzene rings is 1. The minimum atomic E-state index is 0. The van der Waals surface area contributed by atoms with Gasteiger partial charge in [-0.3, -0.25) is 4.90 Å². The zero-order valence-corrected chi connectivity index (χ0v) is 14.0. The van der Waals surface area contributed by atoms with Gasteiger partial charge in [-0.05, 0) is 24.1 Å². The number of rotatable bonds is 4. The lowest BCUT2D eigenvalue weighted by Gasteiger charge is -2.35. The van der Waals surface area contributed by atoms with E-state index in [0.717, 1.165) is 37.7 Å². The number of hydrogen-bond donors (Lipinski definition) is 1. The van der Waals surface area contributed by atoms with Gasteiger partial charge in [0, 0.05) is 32.2 Å². The van der Waals surface area contributed by atoms with Gasteiger partial charge in [0.05, 0.1) is 0 Å². The second-order valence-electron chi connectivity index (χ2n) is 5.20. The Balaban J connectivity index is 0.00000110. The SMILES string of the molecule is CCC[C@H](c1ccc2c(c1)OCO2)N1CCNCC1.Cl.Cl. The third-order valence-corrected chi connectivity index (χ3v) is 3.94. The molecule has 0 aliphatic carbocycles. The molecule has 0 bridgehead atoms. The van der Waals surface area contributed by atoms with E-state index in [1.54, 1.807) is 0 Å². The summed E-state index contributed by atoms with van der Waals surface area (Å²) in [6.45, 7) is 7.03. The van der Waals surface area contributed by atoms with Crippen LogP contribution in [-0.4, -0.2) is 37.9 Å². The molecule has 1 aromatic rings. The molecule has 0 spiro atoms. The van der Waals surface area contributed by atoms with Crippen molar-refractivity contribution in [2.45, 2.75) is 25.8 Å². The molecule has 6 heteroatoms. The van der Waals surface area contributed by atoms with Crippen LogP contribution in [0.1, 0.15) is 31.4 Å². The van der Waals surface area contributed by atoms with E-state index in [2.05, 4.69) is 29.3 Å². The molecule has 0 amide bonds. The Hall–Kier alpha value is -0.680.